The van der Waals surface area contributed by atoms with Gasteiger partial charge in [-0.1, -0.05) is 28.4 Å². The van der Waals surface area contributed by atoms with Crippen molar-refractivity contribution in [3.05, 3.63) is 26.5 Å². The van der Waals surface area contributed by atoms with E-state index in [1.807, 2.05) is 6.07 Å². The highest BCUT2D eigenvalue weighted by atomic mass is 35.5. The fraction of sp³-hybridized carbons (Fsp3) is 0.417. The number of rotatable bonds is 3. The van der Waals surface area contributed by atoms with Crippen LogP contribution in [0.2, 0.25) is 8.67 Å². The predicted molar refractivity (Wildman–Crippen MR) is 76.4 cm³/mol. The zero-order valence-corrected chi connectivity index (χ0v) is 12.7. The highest BCUT2D eigenvalue weighted by Crippen LogP contribution is 2.38. The third-order valence-electron chi connectivity index (χ3n) is 2.28. The molecule has 0 aliphatic rings. The number of hydrogen-bond donors (Lipinski definition) is 1. The van der Waals surface area contributed by atoms with Crippen molar-refractivity contribution in [2.45, 2.75) is 32.9 Å². The molecule has 0 atom stereocenters. The van der Waals surface area contributed by atoms with Crippen molar-refractivity contribution in [2.24, 2.45) is 0 Å². The van der Waals surface area contributed by atoms with Gasteiger partial charge in [-0.05, 0) is 26.8 Å². The summed E-state index contributed by atoms with van der Waals surface area (Å²) in [5.41, 5.74) is 1.68. The first-order valence-corrected chi connectivity index (χ1v) is 7.08. The molecule has 0 unspecified atom stereocenters. The molecule has 0 aliphatic heterocycles. The second-order valence-corrected chi connectivity index (χ2v) is 7.31. The largest absolute Gasteiger partial charge is 0.356 e. The summed E-state index contributed by atoms with van der Waals surface area (Å²) >= 11 is 13.3. The van der Waals surface area contributed by atoms with E-state index < -0.39 is 0 Å². The molecule has 3 nitrogen and oxygen atoms in total. The lowest BCUT2D eigenvalue weighted by Gasteiger charge is -2.19. The van der Waals surface area contributed by atoms with Crippen LogP contribution < -0.4 is 5.32 Å². The van der Waals surface area contributed by atoms with Crippen LogP contribution in [-0.2, 0) is 6.54 Å². The molecule has 0 saturated carbocycles. The second kappa shape index (κ2) is 5.21. The van der Waals surface area contributed by atoms with Crippen molar-refractivity contribution >= 4 is 34.5 Å². The first-order chi connectivity index (χ1) is 8.35. The maximum atomic E-state index is 6.07. The summed E-state index contributed by atoms with van der Waals surface area (Å²) in [6.07, 6.45) is 0. The van der Waals surface area contributed by atoms with E-state index in [1.165, 1.54) is 11.3 Å². The third-order valence-corrected chi connectivity index (χ3v) is 3.77. The number of thiophene rings is 1. The summed E-state index contributed by atoms with van der Waals surface area (Å²) < 4.78 is 6.54. The molecule has 0 fully saturated rings. The molecule has 2 aromatic rings. The van der Waals surface area contributed by atoms with Gasteiger partial charge < -0.3 is 9.84 Å². The minimum Gasteiger partial charge on any atom is -0.356 e. The average molecular weight is 305 g/mol. The predicted octanol–water partition coefficient (Wildman–Crippen LogP) is 4.60. The minimum atomic E-state index is 0.0441. The van der Waals surface area contributed by atoms with Crippen LogP contribution in [0, 0.1) is 0 Å². The molecule has 0 aromatic carbocycles. The highest BCUT2D eigenvalue weighted by molar-refractivity contribution is 7.20. The molecule has 0 amide bonds. The molecule has 0 saturated heterocycles. The van der Waals surface area contributed by atoms with E-state index in [0.29, 0.717) is 21.0 Å². The van der Waals surface area contributed by atoms with Gasteiger partial charge in [0.15, 0.2) is 5.76 Å². The summed E-state index contributed by atoms with van der Waals surface area (Å²) in [5.74, 6) is 0.647. The van der Waals surface area contributed by atoms with E-state index in [9.17, 15) is 0 Å². The van der Waals surface area contributed by atoms with Gasteiger partial charge in [-0.15, -0.1) is 11.3 Å². The minimum absolute atomic E-state index is 0.0441. The van der Waals surface area contributed by atoms with E-state index in [-0.39, 0.29) is 5.54 Å². The van der Waals surface area contributed by atoms with Crippen molar-refractivity contribution in [3.63, 3.8) is 0 Å². The standard InChI is InChI=1S/C12H14Cl2N2OS/c1-12(2,3)15-6-7-4-9(17-16-7)8-5-10(13)18-11(8)14/h4-5,15H,6H2,1-3H3. The molecule has 1 N–H and O–H groups in total. The number of nitrogens with zero attached hydrogens (tertiary/aromatic N) is 1. The molecule has 2 rings (SSSR count). The SMILES string of the molecule is CC(C)(C)NCc1cc(-c2cc(Cl)sc2Cl)on1. The maximum Gasteiger partial charge on any atom is 0.169 e. The molecule has 2 aromatic heterocycles. The Morgan fingerprint density at radius 2 is 2.06 bits per heavy atom. The van der Waals surface area contributed by atoms with E-state index in [2.05, 4.69) is 31.2 Å². The van der Waals surface area contributed by atoms with Crippen LogP contribution in [0.4, 0.5) is 0 Å². The fourth-order valence-electron chi connectivity index (χ4n) is 1.39. The number of halogens is 2. The summed E-state index contributed by atoms with van der Waals surface area (Å²) in [5, 5.41) is 7.36. The Labute approximate surface area is 120 Å². The second-order valence-electron chi connectivity index (χ2n) is 5.02. The van der Waals surface area contributed by atoms with Crippen LogP contribution in [0.25, 0.3) is 11.3 Å². The first-order valence-electron chi connectivity index (χ1n) is 5.51. The lowest BCUT2D eigenvalue weighted by atomic mass is 10.1. The van der Waals surface area contributed by atoms with E-state index in [4.69, 9.17) is 27.7 Å². The molecular weight excluding hydrogens is 291 g/mol. The lowest BCUT2D eigenvalue weighted by Crippen LogP contribution is -2.35. The van der Waals surface area contributed by atoms with Gasteiger partial charge in [-0.2, -0.15) is 0 Å². The molecule has 18 heavy (non-hydrogen) atoms. The van der Waals surface area contributed by atoms with Crippen LogP contribution in [-0.4, -0.2) is 10.7 Å². The summed E-state index contributed by atoms with van der Waals surface area (Å²) in [6.45, 7) is 6.96. The lowest BCUT2D eigenvalue weighted by molar-refractivity contribution is 0.392. The van der Waals surface area contributed by atoms with Crippen molar-refractivity contribution in [1.82, 2.24) is 10.5 Å². The Morgan fingerprint density at radius 1 is 1.33 bits per heavy atom. The molecule has 98 valence electrons. The Balaban J connectivity index is 2.13. The average Bonchev–Trinajstić information content (AvgIpc) is 2.81. The summed E-state index contributed by atoms with van der Waals surface area (Å²) in [6, 6.07) is 3.67. The number of nitrogens with one attached hydrogen (secondary N) is 1. The van der Waals surface area contributed by atoms with Crippen LogP contribution in [0.1, 0.15) is 26.5 Å². The zero-order valence-electron chi connectivity index (χ0n) is 10.4. The topological polar surface area (TPSA) is 38.1 Å². The van der Waals surface area contributed by atoms with Gasteiger partial charge >= 0.3 is 0 Å². The number of hydrogen-bond acceptors (Lipinski definition) is 4. The maximum absolute atomic E-state index is 6.07. The quantitative estimate of drug-likeness (QED) is 0.900. The van der Waals surface area contributed by atoms with Gasteiger partial charge in [0.05, 0.1) is 15.6 Å². The van der Waals surface area contributed by atoms with E-state index >= 15 is 0 Å². The van der Waals surface area contributed by atoms with Crippen molar-refractivity contribution in [2.75, 3.05) is 0 Å². The van der Waals surface area contributed by atoms with Gasteiger partial charge in [0.1, 0.15) is 4.34 Å². The van der Waals surface area contributed by atoms with Crippen LogP contribution >= 0.6 is 34.5 Å². The van der Waals surface area contributed by atoms with Crippen LogP contribution in [0.5, 0.6) is 0 Å². The Morgan fingerprint density at radius 3 is 2.61 bits per heavy atom. The van der Waals surface area contributed by atoms with Crippen LogP contribution in [0.15, 0.2) is 16.7 Å². The van der Waals surface area contributed by atoms with Crippen molar-refractivity contribution < 1.29 is 4.52 Å². The van der Waals surface area contributed by atoms with Gasteiger partial charge in [0, 0.05) is 18.2 Å². The Kier molecular flexibility index (Phi) is 4.02. The summed E-state index contributed by atoms with van der Waals surface area (Å²) in [4.78, 5) is 0. The molecule has 0 aliphatic carbocycles. The van der Waals surface area contributed by atoms with Gasteiger partial charge in [-0.25, -0.2) is 0 Å². The fourth-order valence-corrected chi connectivity index (χ4v) is 2.86. The molecule has 6 heteroatoms. The number of aromatic nitrogens is 1. The highest BCUT2D eigenvalue weighted by Gasteiger charge is 2.15. The van der Waals surface area contributed by atoms with E-state index in [1.54, 1.807) is 6.07 Å². The first kappa shape index (κ1) is 13.9. The Bertz CT molecular complexity index is 543. The monoisotopic (exact) mass is 304 g/mol. The van der Waals surface area contributed by atoms with Crippen molar-refractivity contribution in [3.8, 4) is 11.3 Å². The molecule has 0 spiro atoms. The third kappa shape index (κ3) is 3.48. The normalized spacial score (nSPS) is 12.1. The molecule has 2 heterocycles. The molecule has 0 radical (unpaired) electrons. The smallest absolute Gasteiger partial charge is 0.169 e. The van der Waals surface area contributed by atoms with Gasteiger partial charge in [0.2, 0.25) is 0 Å². The molecular formula is C12H14Cl2N2OS. The van der Waals surface area contributed by atoms with Crippen LogP contribution in [0.3, 0.4) is 0 Å². The molecule has 0 bridgehead atoms. The van der Waals surface area contributed by atoms with Crippen molar-refractivity contribution in [1.29, 1.82) is 0 Å². The summed E-state index contributed by atoms with van der Waals surface area (Å²) in [7, 11) is 0. The zero-order chi connectivity index (χ0) is 13.3. The Hall–Kier alpha value is -0.550. The van der Waals surface area contributed by atoms with E-state index in [0.717, 1.165) is 11.3 Å². The van der Waals surface area contributed by atoms with Gasteiger partial charge in [0.25, 0.3) is 0 Å². The van der Waals surface area contributed by atoms with Gasteiger partial charge in [-0.3, -0.25) is 0 Å².